The van der Waals surface area contributed by atoms with Gasteiger partial charge >= 0.3 is 0 Å². The molecule has 0 spiro atoms. The summed E-state index contributed by atoms with van der Waals surface area (Å²) >= 11 is 6.28. The quantitative estimate of drug-likeness (QED) is 0.874. The van der Waals surface area contributed by atoms with Gasteiger partial charge in [-0.2, -0.15) is 0 Å². The van der Waals surface area contributed by atoms with Crippen LogP contribution in [0.25, 0.3) is 0 Å². The van der Waals surface area contributed by atoms with Gasteiger partial charge in [-0.05, 0) is 37.0 Å². The summed E-state index contributed by atoms with van der Waals surface area (Å²) in [6, 6.07) is 3.49. The third kappa shape index (κ3) is 2.36. The highest BCUT2D eigenvalue weighted by molar-refractivity contribution is 6.32. The first-order valence-electron chi connectivity index (χ1n) is 6.58. The lowest BCUT2D eigenvalue weighted by Crippen LogP contribution is -2.26. The monoisotopic (exact) mass is 280 g/mol. The number of amides is 1. The first kappa shape index (κ1) is 12.9. The number of benzene rings is 1. The second-order valence-electron chi connectivity index (χ2n) is 5.34. The molecule has 1 fully saturated rings. The van der Waals surface area contributed by atoms with Crippen molar-refractivity contribution >= 4 is 23.2 Å². The molecular weight excluding hydrogens is 264 g/mol. The number of nitrogens with one attached hydrogen (secondary N) is 1. The third-order valence-corrected chi connectivity index (χ3v) is 4.20. The van der Waals surface area contributed by atoms with Crippen LogP contribution < -0.4 is 11.1 Å². The number of halogens is 1. The predicted molar refractivity (Wildman–Crippen MR) is 74.3 cm³/mol. The minimum Gasteiger partial charge on any atom is -0.373 e. The van der Waals surface area contributed by atoms with E-state index in [2.05, 4.69) is 12.2 Å². The van der Waals surface area contributed by atoms with Crippen molar-refractivity contribution in [2.45, 2.75) is 44.4 Å². The minimum atomic E-state index is -0.238. The number of fused-ring (bicyclic) bond motifs is 1. The molecule has 0 aliphatic carbocycles. The summed E-state index contributed by atoms with van der Waals surface area (Å²) in [7, 11) is 0. The van der Waals surface area contributed by atoms with Crippen LogP contribution in [0.4, 0.5) is 5.69 Å². The third-order valence-electron chi connectivity index (χ3n) is 3.87. The summed E-state index contributed by atoms with van der Waals surface area (Å²) in [4.78, 5) is 11.4. The number of ether oxygens (including phenoxy) is 1. The van der Waals surface area contributed by atoms with E-state index in [9.17, 15) is 4.79 Å². The van der Waals surface area contributed by atoms with Gasteiger partial charge in [0, 0.05) is 10.7 Å². The van der Waals surface area contributed by atoms with E-state index >= 15 is 0 Å². The van der Waals surface area contributed by atoms with Gasteiger partial charge in [0.1, 0.15) is 0 Å². The normalized spacial score (nSPS) is 27.2. The molecule has 3 N–H and O–H groups in total. The maximum atomic E-state index is 11.4. The van der Waals surface area contributed by atoms with Crippen LogP contribution in [0.5, 0.6) is 0 Å². The molecule has 2 aliphatic rings. The van der Waals surface area contributed by atoms with Crippen molar-refractivity contribution in [3.8, 4) is 0 Å². The summed E-state index contributed by atoms with van der Waals surface area (Å²) < 4.78 is 5.81. The zero-order chi connectivity index (χ0) is 13.6. The highest BCUT2D eigenvalue weighted by Crippen LogP contribution is 2.36. The Balaban J connectivity index is 1.89. The molecule has 2 aliphatic heterocycles. The van der Waals surface area contributed by atoms with E-state index in [1.165, 1.54) is 0 Å². The molecule has 0 aromatic heterocycles. The molecule has 3 unspecified atom stereocenters. The lowest BCUT2D eigenvalue weighted by Gasteiger charge is -2.21. The molecule has 3 atom stereocenters. The first-order chi connectivity index (χ1) is 9.04. The van der Waals surface area contributed by atoms with Crippen LogP contribution in [-0.2, 0) is 16.0 Å². The van der Waals surface area contributed by atoms with Crippen LogP contribution in [0.1, 0.15) is 36.9 Å². The molecule has 0 bridgehead atoms. The molecule has 0 saturated carbocycles. The molecule has 19 heavy (non-hydrogen) atoms. The Labute approximate surface area is 117 Å². The first-order valence-corrected chi connectivity index (χ1v) is 6.95. The Hall–Kier alpha value is -1.10. The molecular formula is C14H17ClN2O2. The number of rotatable bonds is 2. The number of carbonyl (C=O) groups is 1. The highest BCUT2D eigenvalue weighted by atomic mass is 35.5. The van der Waals surface area contributed by atoms with E-state index in [0.717, 1.165) is 29.7 Å². The van der Waals surface area contributed by atoms with Crippen LogP contribution in [0, 0.1) is 0 Å². The van der Waals surface area contributed by atoms with Crippen molar-refractivity contribution < 1.29 is 9.53 Å². The fraction of sp³-hybridized carbons (Fsp3) is 0.500. The molecule has 102 valence electrons. The molecule has 5 heteroatoms. The van der Waals surface area contributed by atoms with Gasteiger partial charge in [-0.15, -0.1) is 0 Å². The lowest BCUT2D eigenvalue weighted by molar-refractivity contribution is -0.115. The Morgan fingerprint density at radius 2 is 2.26 bits per heavy atom. The van der Waals surface area contributed by atoms with E-state index in [1.807, 2.05) is 6.07 Å². The van der Waals surface area contributed by atoms with Gasteiger partial charge in [0.25, 0.3) is 0 Å². The second-order valence-corrected chi connectivity index (χ2v) is 5.75. The molecule has 1 saturated heterocycles. The number of hydrogen-bond acceptors (Lipinski definition) is 3. The zero-order valence-corrected chi connectivity index (χ0v) is 11.5. The summed E-state index contributed by atoms with van der Waals surface area (Å²) in [5.41, 5.74) is 8.91. The maximum Gasteiger partial charge on any atom is 0.228 e. The SMILES string of the molecule is CC1CCC(C(N)c2cc3c(cc2Cl)NC(=O)C3)O1. The summed E-state index contributed by atoms with van der Waals surface area (Å²) in [6.45, 7) is 2.06. The number of anilines is 1. The molecule has 1 aromatic rings. The molecule has 1 aromatic carbocycles. The van der Waals surface area contributed by atoms with Gasteiger partial charge in [-0.1, -0.05) is 17.7 Å². The smallest absolute Gasteiger partial charge is 0.228 e. The summed E-state index contributed by atoms with van der Waals surface area (Å²) in [5.74, 6) is 0.00234. The van der Waals surface area contributed by atoms with E-state index < -0.39 is 0 Å². The van der Waals surface area contributed by atoms with E-state index in [-0.39, 0.29) is 24.2 Å². The lowest BCUT2D eigenvalue weighted by atomic mass is 9.97. The fourth-order valence-corrected chi connectivity index (χ4v) is 3.11. The fourth-order valence-electron chi connectivity index (χ4n) is 2.82. The zero-order valence-electron chi connectivity index (χ0n) is 10.8. The molecule has 3 rings (SSSR count). The molecule has 1 amide bonds. The van der Waals surface area contributed by atoms with Crippen LogP contribution in [-0.4, -0.2) is 18.1 Å². The molecule has 0 radical (unpaired) electrons. The van der Waals surface area contributed by atoms with Crippen molar-refractivity contribution in [3.63, 3.8) is 0 Å². The van der Waals surface area contributed by atoms with Gasteiger partial charge in [0.15, 0.2) is 0 Å². The van der Waals surface area contributed by atoms with Crippen LogP contribution in [0.3, 0.4) is 0 Å². The van der Waals surface area contributed by atoms with Gasteiger partial charge in [-0.25, -0.2) is 0 Å². The standard InChI is InChI=1S/C14H17ClN2O2/c1-7-2-3-12(19-7)14(16)9-4-8-5-13(18)17-11(8)6-10(9)15/h4,6-7,12,14H,2-3,5,16H2,1H3,(H,17,18). The van der Waals surface area contributed by atoms with Gasteiger partial charge in [0.2, 0.25) is 5.91 Å². The number of carbonyl (C=O) groups excluding carboxylic acids is 1. The summed E-state index contributed by atoms with van der Waals surface area (Å²) in [5, 5.41) is 3.38. The topological polar surface area (TPSA) is 64.3 Å². The average Bonchev–Trinajstić information content (AvgIpc) is 2.92. The number of nitrogens with two attached hydrogens (primary N) is 1. The Morgan fingerprint density at radius 3 is 2.95 bits per heavy atom. The Bertz CT molecular complexity index is 532. The largest absolute Gasteiger partial charge is 0.373 e. The summed E-state index contributed by atoms with van der Waals surface area (Å²) in [6.07, 6.45) is 2.64. The predicted octanol–water partition coefficient (Wildman–Crippen LogP) is 2.40. The molecule has 2 heterocycles. The van der Waals surface area contributed by atoms with E-state index in [0.29, 0.717) is 11.4 Å². The van der Waals surface area contributed by atoms with Crippen LogP contribution in [0.2, 0.25) is 5.02 Å². The van der Waals surface area contributed by atoms with Crippen molar-refractivity contribution in [3.05, 3.63) is 28.3 Å². The maximum absolute atomic E-state index is 11.4. The molecule has 4 nitrogen and oxygen atoms in total. The van der Waals surface area contributed by atoms with Crippen molar-refractivity contribution in [2.75, 3.05) is 5.32 Å². The van der Waals surface area contributed by atoms with Crippen LogP contribution >= 0.6 is 11.6 Å². The average molecular weight is 281 g/mol. The Morgan fingerprint density at radius 1 is 1.47 bits per heavy atom. The van der Waals surface area contributed by atoms with Gasteiger partial charge in [-0.3, -0.25) is 4.79 Å². The van der Waals surface area contributed by atoms with E-state index in [4.69, 9.17) is 22.1 Å². The number of hydrogen-bond donors (Lipinski definition) is 2. The van der Waals surface area contributed by atoms with Crippen molar-refractivity contribution in [1.82, 2.24) is 0 Å². The Kier molecular flexibility index (Phi) is 3.25. The second kappa shape index (κ2) is 4.78. The van der Waals surface area contributed by atoms with Crippen molar-refractivity contribution in [2.24, 2.45) is 5.73 Å². The highest BCUT2D eigenvalue weighted by Gasteiger charge is 2.30. The van der Waals surface area contributed by atoms with Crippen LogP contribution in [0.15, 0.2) is 12.1 Å². The van der Waals surface area contributed by atoms with Gasteiger partial charge < -0.3 is 15.8 Å². The van der Waals surface area contributed by atoms with Crippen molar-refractivity contribution in [1.29, 1.82) is 0 Å². The minimum absolute atomic E-state index is 0.00234. The van der Waals surface area contributed by atoms with E-state index in [1.54, 1.807) is 6.07 Å². The van der Waals surface area contributed by atoms with Gasteiger partial charge in [0.05, 0.1) is 24.7 Å².